The first kappa shape index (κ1) is 22.5. The number of rotatable bonds is 11. The van der Waals surface area contributed by atoms with Crippen molar-refractivity contribution in [3.8, 4) is 11.5 Å². The van der Waals surface area contributed by atoms with Crippen LogP contribution >= 0.6 is 0 Å². The van der Waals surface area contributed by atoms with Gasteiger partial charge in [0.1, 0.15) is 25.2 Å². The van der Waals surface area contributed by atoms with Crippen molar-refractivity contribution in [1.82, 2.24) is 0 Å². The molecule has 4 nitrogen and oxygen atoms in total. The first-order valence-electron chi connectivity index (χ1n) is 10.2. The lowest BCUT2D eigenvalue weighted by Gasteiger charge is -2.16. The Morgan fingerprint density at radius 3 is 2.52 bits per heavy atom. The molecule has 156 valence electrons. The Kier molecular flexibility index (Phi) is 9.29. The van der Waals surface area contributed by atoms with Crippen molar-refractivity contribution >= 4 is 6.21 Å². The Hall–Kier alpha value is -2.75. The Morgan fingerprint density at radius 2 is 1.83 bits per heavy atom. The molecule has 0 amide bonds. The molecule has 0 bridgehead atoms. The molecule has 0 aliphatic rings. The summed E-state index contributed by atoms with van der Waals surface area (Å²) in [6, 6.07) is 12.5. The van der Waals surface area contributed by atoms with E-state index < -0.39 is 0 Å². The minimum absolute atomic E-state index is 0.457. The van der Waals surface area contributed by atoms with Crippen LogP contribution in [0.1, 0.15) is 54.9 Å². The van der Waals surface area contributed by atoms with Crippen LogP contribution in [0.2, 0.25) is 0 Å². The molecule has 0 spiro atoms. The second-order valence-corrected chi connectivity index (χ2v) is 7.25. The van der Waals surface area contributed by atoms with E-state index in [1.165, 1.54) is 5.56 Å². The van der Waals surface area contributed by atoms with Gasteiger partial charge in [-0.1, -0.05) is 42.4 Å². The van der Waals surface area contributed by atoms with E-state index in [1.807, 2.05) is 37.3 Å². The highest BCUT2D eigenvalue weighted by Crippen LogP contribution is 2.29. The van der Waals surface area contributed by atoms with Crippen molar-refractivity contribution in [2.45, 2.75) is 46.5 Å². The number of ether oxygens (including phenoxy) is 2. The number of hydrogen-bond acceptors (Lipinski definition) is 4. The monoisotopic (exact) mass is 395 g/mol. The maximum atomic E-state index is 6.10. The minimum Gasteiger partial charge on any atom is -0.493 e. The molecule has 1 unspecified atom stereocenters. The van der Waals surface area contributed by atoms with Crippen molar-refractivity contribution < 1.29 is 14.3 Å². The van der Waals surface area contributed by atoms with E-state index in [0.29, 0.717) is 19.1 Å². The van der Waals surface area contributed by atoms with Gasteiger partial charge < -0.3 is 14.3 Å². The van der Waals surface area contributed by atoms with Crippen molar-refractivity contribution in [3.63, 3.8) is 0 Å². The third kappa shape index (κ3) is 7.30. The van der Waals surface area contributed by atoms with Crippen LogP contribution in [0.5, 0.6) is 11.5 Å². The first-order chi connectivity index (χ1) is 14.0. The van der Waals surface area contributed by atoms with E-state index in [4.69, 9.17) is 14.3 Å². The van der Waals surface area contributed by atoms with Crippen LogP contribution in [0.4, 0.5) is 0 Å². The molecular weight excluding hydrogens is 362 g/mol. The van der Waals surface area contributed by atoms with Crippen LogP contribution < -0.4 is 9.47 Å². The molecule has 0 saturated heterocycles. The summed E-state index contributed by atoms with van der Waals surface area (Å²) in [7, 11) is 1.55. The van der Waals surface area contributed by atoms with E-state index in [-0.39, 0.29) is 0 Å². The molecule has 0 radical (unpaired) electrons. The van der Waals surface area contributed by atoms with Gasteiger partial charge in [0.05, 0.1) is 12.8 Å². The molecule has 0 N–H and O–H groups in total. The summed E-state index contributed by atoms with van der Waals surface area (Å²) < 4.78 is 11.8. The zero-order valence-electron chi connectivity index (χ0n) is 18.3. The number of benzene rings is 2. The molecule has 29 heavy (non-hydrogen) atoms. The highest BCUT2D eigenvalue weighted by atomic mass is 16.6. The van der Waals surface area contributed by atoms with Crippen LogP contribution in [0.3, 0.4) is 0 Å². The number of aryl methyl sites for hydroxylation is 2. The largest absolute Gasteiger partial charge is 0.493 e. The molecule has 1 atom stereocenters. The summed E-state index contributed by atoms with van der Waals surface area (Å²) >= 11 is 0. The molecule has 0 aromatic heterocycles. The third-order valence-electron chi connectivity index (χ3n) is 4.83. The quantitative estimate of drug-likeness (QED) is 0.197. The highest BCUT2D eigenvalue weighted by molar-refractivity contribution is 5.79. The van der Waals surface area contributed by atoms with Gasteiger partial charge in [0.25, 0.3) is 0 Å². The summed E-state index contributed by atoms with van der Waals surface area (Å²) in [5.41, 5.74) is 4.58. The fourth-order valence-electron chi connectivity index (χ4n) is 3.25. The van der Waals surface area contributed by atoms with Gasteiger partial charge in [-0.15, -0.1) is 0 Å². The summed E-state index contributed by atoms with van der Waals surface area (Å²) in [5.74, 6) is 2.31. The molecule has 2 aromatic carbocycles. The predicted molar refractivity (Wildman–Crippen MR) is 120 cm³/mol. The smallest absolute Gasteiger partial charge is 0.125 e. The van der Waals surface area contributed by atoms with E-state index >= 15 is 0 Å². The molecule has 0 fully saturated rings. The number of nitrogens with zero attached hydrogens (tertiary/aromatic N) is 1. The summed E-state index contributed by atoms with van der Waals surface area (Å²) in [6.45, 7) is 9.67. The van der Waals surface area contributed by atoms with Crippen molar-refractivity contribution in [1.29, 1.82) is 0 Å². The van der Waals surface area contributed by atoms with Crippen LogP contribution in [0.15, 0.2) is 53.7 Å². The standard InChI is InChI=1S/C25H33NO3/c1-6-7-13-28-24-15-20(3)25(21(4)16-24)29-14-9-10-19(2)23-12-8-11-22(17-23)18-26-27-5/h6-8,11-12,15-19H,9-10,13-14H2,1-5H3/b7-6+,26-18?. The summed E-state index contributed by atoms with van der Waals surface area (Å²) in [6.07, 6.45) is 7.78. The predicted octanol–water partition coefficient (Wildman–Crippen LogP) is 6.20. The second-order valence-electron chi connectivity index (χ2n) is 7.25. The van der Waals surface area contributed by atoms with Crippen LogP contribution in [0, 0.1) is 13.8 Å². The van der Waals surface area contributed by atoms with Crippen molar-refractivity contribution in [3.05, 3.63) is 70.8 Å². The Balaban J connectivity index is 1.86. The van der Waals surface area contributed by atoms with Gasteiger partial charge in [0.2, 0.25) is 0 Å². The van der Waals surface area contributed by atoms with Gasteiger partial charge in [-0.2, -0.15) is 0 Å². The van der Waals surface area contributed by atoms with Gasteiger partial charge >= 0.3 is 0 Å². The van der Waals surface area contributed by atoms with Crippen LogP contribution in [-0.2, 0) is 4.84 Å². The Morgan fingerprint density at radius 1 is 1.07 bits per heavy atom. The Bertz CT molecular complexity index is 804. The van der Waals surface area contributed by atoms with Gasteiger partial charge in [0, 0.05) is 0 Å². The van der Waals surface area contributed by atoms with E-state index in [9.17, 15) is 0 Å². The summed E-state index contributed by atoms with van der Waals surface area (Å²) in [5, 5.41) is 3.84. The Labute approximate surface area is 175 Å². The molecule has 0 aliphatic heterocycles. The SMILES string of the molecule is C/C=C/COc1cc(C)c(OCCCC(C)c2cccc(C=NOC)c2)c(C)c1. The molecule has 0 saturated carbocycles. The highest BCUT2D eigenvalue weighted by Gasteiger charge is 2.09. The lowest BCUT2D eigenvalue weighted by Crippen LogP contribution is -2.04. The number of oxime groups is 1. The lowest BCUT2D eigenvalue weighted by molar-refractivity contribution is 0.215. The molecule has 2 aromatic rings. The fourth-order valence-corrected chi connectivity index (χ4v) is 3.25. The zero-order valence-corrected chi connectivity index (χ0v) is 18.3. The van der Waals surface area contributed by atoms with E-state index in [2.05, 4.69) is 44.1 Å². The lowest BCUT2D eigenvalue weighted by atomic mass is 9.95. The van der Waals surface area contributed by atoms with Crippen LogP contribution in [-0.4, -0.2) is 26.5 Å². The zero-order chi connectivity index (χ0) is 21.1. The van der Waals surface area contributed by atoms with Gasteiger partial charge in [-0.3, -0.25) is 0 Å². The van der Waals surface area contributed by atoms with Crippen LogP contribution in [0.25, 0.3) is 0 Å². The van der Waals surface area contributed by atoms with E-state index in [0.717, 1.165) is 41.0 Å². The molecule has 0 aliphatic carbocycles. The van der Waals surface area contributed by atoms with Gasteiger partial charge in [-0.25, -0.2) is 0 Å². The van der Waals surface area contributed by atoms with Crippen molar-refractivity contribution in [2.24, 2.45) is 5.16 Å². The van der Waals surface area contributed by atoms with Crippen molar-refractivity contribution in [2.75, 3.05) is 20.3 Å². The maximum Gasteiger partial charge on any atom is 0.125 e. The summed E-state index contributed by atoms with van der Waals surface area (Å²) in [4.78, 5) is 4.76. The average molecular weight is 396 g/mol. The number of hydrogen-bond donors (Lipinski definition) is 0. The molecule has 0 heterocycles. The molecule has 2 rings (SSSR count). The topological polar surface area (TPSA) is 40.0 Å². The third-order valence-corrected chi connectivity index (χ3v) is 4.83. The fraction of sp³-hybridized carbons (Fsp3) is 0.400. The first-order valence-corrected chi connectivity index (χ1v) is 10.2. The normalized spacial score (nSPS) is 12.4. The number of allylic oxidation sites excluding steroid dienone is 1. The molecule has 4 heteroatoms. The average Bonchev–Trinajstić information content (AvgIpc) is 2.71. The second kappa shape index (κ2) is 11.9. The van der Waals surface area contributed by atoms with Gasteiger partial charge in [0.15, 0.2) is 0 Å². The molecular formula is C25H33NO3. The van der Waals surface area contributed by atoms with E-state index in [1.54, 1.807) is 13.3 Å². The minimum atomic E-state index is 0.457. The van der Waals surface area contributed by atoms with Gasteiger partial charge in [-0.05, 0) is 80.0 Å². The maximum absolute atomic E-state index is 6.10.